The van der Waals surface area contributed by atoms with Crippen LogP contribution in [0.1, 0.15) is 39.0 Å². The van der Waals surface area contributed by atoms with Crippen molar-refractivity contribution in [1.29, 1.82) is 0 Å². The van der Waals surface area contributed by atoms with Crippen molar-refractivity contribution in [3.05, 3.63) is 124 Å². The van der Waals surface area contributed by atoms with E-state index < -0.39 is 0 Å². The summed E-state index contributed by atoms with van der Waals surface area (Å²) in [6.45, 7) is 17.3. The number of hydrogen-bond acceptors (Lipinski definition) is 10. The highest BCUT2D eigenvalue weighted by Gasteiger charge is 2.10. The first-order chi connectivity index (χ1) is 25.0. The summed E-state index contributed by atoms with van der Waals surface area (Å²) in [5.74, 6) is 0. The Morgan fingerprint density at radius 3 is 0.808 bits per heavy atom. The molecule has 0 fully saturated rings. The molecule has 0 atom stereocenters. The van der Waals surface area contributed by atoms with Crippen molar-refractivity contribution in [2.75, 3.05) is 0 Å². The van der Waals surface area contributed by atoms with Gasteiger partial charge in [-0.25, -0.2) is 0 Å². The third-order valence-electron chi connectivity index (χ3n) is 7.82. The zero-order chi connectivity index (χ0) is 36.5. The van der Waals surface area contributed by atoms with Gasteiger partial charge in [0.15, 0.2) is 0 Å². The minimum atomic E-state index is 1.38. The van der Waals surface area contributed by atoms with Crippen LogP contribution in [0.5, 0.6) is 0 Å². The Morgan fingerprint density at radius 2 is 0.500 bits per heavy atom. The molecule has 0 N–H and O–H groups in total. The van der Waals surface area contributed by atoms with Gasteiger partial charge in [-0.05, 0) is 140 Å². The van der Waals surface area contributed by atoms with E-state index in [0.29, 0.717) is 0 Å². The maximum absolute atomic E-state index is 2.30. The van der Waals surface area contributed by atoms with Gasteiger partial charge >= 0.3 is 0 Å². The molecule has 266 valence electrons. The van der Waals surface area contributed by atoms with Gasteiger partial charge in [-0.3, -0.25) is 0 Å². The lowest BCUT2D eigenvalue weighted by molar-refractivity contribution is 1.64. The summed E-state index contributed by atoms with van der Waals surface area (Å²) in [4.78, 5) is 19.5. The second-order valence-corrected chi connectivity index (χ2v) is 24.9. The molecule has 0 nitrogen and oxygen atoms in total. The largest absolute Gasteiger partial charge is 0.140 e. The first-order valence-corrected chi connectivity index (χ1v) is 24.9. The predicted octanol–water partition coefficient (Wildman–Crippen LogP) is 18.3. The van der Waals surface area contributed by atoms with Crippen molar-refractivity contribution in [2.45, 2.75) is 55.4 Å². The van der Waals surface area contributed by atoms with Crippen molar-refractivity contribution < 1.29 is 0 Å². The fourth-order valence-corrected chi connectivity index (χ4v) is 16.3. The Bertz CT molecular complexity index is 2480. The molecule has 0 saturated heterocycles. The Labute approximate surface area is 346 Å². The smallest absolute Gasteiger partial charge is 0.0632 e. The highest BCUT2D eigenvalue weighted by Crippen LogP contribution is 2.43. The van der Waals surface area contributed by atoms with Crippen LogP contribution in [-0.4, -0.2) is 0 Å². The van der Waals surface area contributed by atoms with Gasteiger partial charge in [-0.1, -0.05) is 0 Å². The number of fused-ring (bicyclic) bond motifs is 4. The van der Waals surface area contributed by atoms with Crippen molar-refractivity contribution >= 4 is 142 Å². The Kier molecular flexibility index (Phi) is 12.2. The number of rotatable bonds is 3. The van der Waals surface area contributed by atoms with Crippen LogP contribution in [-0.2, 0) is 0 Å². The maximum atomic E-state index is 2.30. The van der Waals surface area contributed by atoms with E-state index in [1.165, 1.54) is 96.5 Å². The van der Waals surface area contributed by atoms with E-state index in [0.717, 1.165) is 0 Å². The van der Waals surface area contributed by atoms with E-state index >= 15 is 0 Å². The van der Waals surface area contributed by atoms with E-state index in [1.54, 1.807) is 0 Å². The summed E-state index contributed by atoms with van der Waals surface area (Å²) < 4.78 is 8.80. The third kappa shape index (κ3) is 9.17. The van der Waals surface area contributed by atoms with Gasteiger partial charge in [0.25, 0.3) is 0 Å². The Morgan fingerprint density at radius 1 is 0.231 bits per heavy atom. The van der Waals surface area contributed by atoms with Gasteiger partial charge in [-0.2, -0.15) is 0 Å². The molecule has 0 unspecified atom stereocenters. The zero-order valence-corrected chi connectivity index (χ0v) is 38.3. The molecule has 0 bridgehead atoms. The molecule has 0 aliphatic heterocycles. The lowest BCUT2D eigenvalue weighted by atomic mass is 10.3. The van der Waals surface area contributed by atoms with Crippen LogP contribution in [0.2, 0.25) is 0 Å². The summed E-state index contributed by atoms with van der Waals surface area (Å²) in [5.41, 5.74) is 0. The standard InChI is InChI=1S/C14H12S3.C10H8S3.C10H10S2.C8H8S2/c1-9-3-5-11(15-9)13-7-8-14(17-13)12-6-4-10(2)16-12;1-5-3-7-9(11-5)10-8(13-7)4-6(2)12-10;1-7-3-5-9(11-7)10-6-4-8(2)12-10;1-5-3-7-8(9-5)4-6(2)10-7/h3-8H,1-2H3;3-4H,1-2H3;3-6H,1-2H3;3-4H,1-2H3. The zero-order valence-electron chi connectivity index (χ0n) is 30.2. The van der Waals surface area contributed by atoms with E-state index in [4.69, 9.17) is 0 Å². The second kappa shape index (κ2) is 16.7. The van der Waals surface area contributed by atoms with Crippen LogP contribution in [0.3, 0.4) is 0 Å². The van der Waals surface area contributed by atoms with Gasteiger partial charge in [0, 0.05) is 87.1 Å². The van der Waals surface area contributed by atoms with E-state index in [1.807, 2.05) is 113 Å². The van der Waals surface area contributed by atoms with Gasteiger partial charge in [0.05, 0.1) is 9.40 Å². The maximum Gasteiger partial charge on any atom is 0.0632 e. The number of thiophene rings is 10. The minimum absolute atomic E-state index is 1.38. The molecule has 10 heterocycles. The molecule has 0 saturated carbocycles. The van der Waals surface area contributed by atoms with Crippen LogP contribution in [0, 0.1) is 55.4 Å². The highest BCUT2D eigenvalue weighted by atomic mass is 32.1. The van der Waals surface area contributed by atoms with Gasteiger partial charge in [0.2, 0.25) is 0 Å². The molecule has 0 aliphatic carbocycles. The quantitative estimate of drug-likeness (QED) is 0.166. The summed E-state index contributed by atoms with van der Waals surface area (Å²) in [5, 5.41) is 0. The molecule has 0 spiro atoms. The van der Waals surface area contributed by atoms with Gasteiger partial charge in [-0.15, -0.1) is 113 Å². The fourth-order valence-electron chi connectivity index (χ4n) is 5.52. The average molecular weight is 863 g/mol. The molecule has 10 heteroatoms. The fraction of sp³-hybridized carbons (Fsp3) is 0.190. The minimum Gasteiger partial charge on any atom is -0.140 e. The van der Waals surface area contributed by atoms with Crippen LogP contribution in [0.4, 0.5) is 0 Å². The molecule has 10 aromatic heterocycles. The third-order valence-corrected chi connectivity index (χ3v) is 19.2. The monoisotopic (exact) mass is 862 g/mol. The van der Waals surface area contributed by atoms with Crippen LogP contribution in [0.25, 0.3) is 57.5 Å². The molecular formula is C42H38S10. The topological polar surface area (TPSA) is 0 Å². The molecule has 0 aliphatic rings. The Balaban J connectivity index is 0.000000110. The van der Waals surface area contributed by atoms with Crippen molar-refractivity contribution in [2.24, 2.45) is 0 Å². The SMILES string of the molecule is Cc1cc2sc(C)cc2s1.Cc1cc2sc3cc(C)sc3c2s1.Cc1ccc(-c2ccc(-c3ccc(C)s3)s2)s1.Cc1ccc(-c2ccc(C)s2)s1. The first-order valence-electron chi connectivity index (χ1n) is 16.7. The average Bonchev–Trinajstić information content (AvgIpc) is 3.90. The van der Waals surface area contributed by atoms with E-state index in [-0.39, 0.29) is 0 Å². The Hall–Kier alpha value is -2.22. The highest BCUT2D eigenvalue weighted by molar-refractivity contribution is 7.38. The van der Waals surface area contributed by atoms with E-state index in [2.05, 4.69) is 140 Å². The van der Waals surface area contributed by atoms with Crippen LogP contribution in [0.15, 0.2) is 84.9 Å². The molecule has 0 aromatic carbocycles. The predicted molar refractivity (Wildman–Crippen MR) is 251 cm³/mol. The lowest BCUT2D eigenvalue weighted by Gasteiger charge is -1.90. The lowest BCUT2D eigenvalue weighted by Crippen LogP contribution is -1.57. The van der Waals surface area contributed by atoms with Crippen molar-refractivity contribution in [3.8, 4) is 29.3 Å². The van der Waals surface area contributed by atoms with Crippen molar-refractivity contribution in [1.82, 2.24) is 0 Å². The number of aryl methyl sites for hydroxylation is 8. The second-order valence-electron chi connectivity index (χ2n) is 12.5. The number of hydrogen-bond donors (Lipinski definition) is 0. The van der Waals surface area contributed by atoms with Crippen LogP contribution >= 0.6 is 113 Å². The normalized spacial score (nSPS) is 11.1. The molecular weight excluding hydrogens is 825 g/mol. The summed E-state index contributed by atoms with van der Waals surface area (Å²) in [6.07, 6.45) is 0. The summed E-state index contributed by atoms with van der Waals surface area (Å²) >= 11 is 18.9. The van der Waals surface area contributed by atoms with Crippen LogP contribution < -0.4 is 0 Å². The van der Waals surface area contributed by atoms with E-state index in [9.17, 15) is 0 Å². The summed E-state index contributed by atoms with van der Waals surface area (Å²) in [6, 6.07) is 31.2. The van der Waals surface area contributed by atoms with Gasteiger partial charge < -0.3 is 0 Å². The summed E-state index contributed by atoms with van der Waals surface area (Å²) in [7, 11) is 0. The molecule has 0 amide bonds. The molecule has 0 radical (unpaired) electrons. The molecule has 10 rings (SSSR count). The first kappa shape index (κ1) is 38.1. The van der Waals surface area contributed by atoms with Crippen molar-refractivity contribution in [3.63, 3.8) is 0 Å². The van der Waals surface area contributed by atoms with Gasteiger partial charge in [0.1, 0.15) is 0 Å². The molecule has 10 aromatic rings. The molecule has 52 heavy (non-hydrogen) atoms.